The molecule has 1 N–H and O–H groups in total. The van der Waals surface area contributed by atoms with Gasteiger partial charge in [0, 0.05) is 25.0 Å². The molecule has 0 radical (unpaired) electrons. The van der Waals surface area contributed by atoms with Crippen LogP contribution in [-0.4, -0.2) is 17.6 Å². The zero-order chi connectivity index (χ0) is 12.0. The first kappa shape index (κ1) is 13.2. The third-order valence-corrected chi connectivity index (χ3v) is 3.21. The summed E-state index contributed by atoms with van der Waals surface area (Å²) < 4.78 is 0. The molecule has 0 amide bonds. The van der Waals surface area contributed by atoms with Gasteiger partial charge in [-0.1, -0.05) is 34.1 Å². The molecular weight excluding hydrogens is 196 g/mol. The monoisotopic (exact) mass is 220 g/mol. The highest BCUT2D eigenvalue weighted by molar-refractivity contribution is 5.17. The minimum Gasteiger partial charge on any atom is -0.314 e. The molecule has 16 heavy (non-hydrogen) atoms. The topological polar surface area (TPSA) is 24.9 Å². The number of nitrogens with one attached hydrogen (secondary N) is 1. The highest BCUT2D eigenvalue weighted by Gasteiger charge is 2.17. The highest BCUT2D eigenvalue weighted by Crippen LogP contribution is 2.25. The summed E-state index contributed by atoms with van der Waals surface area (Å²) in [6.45, 7) is 10.0. The summed E-state index contributed by atoms with van der Waals surface area (Å²) in [4.78, 5) is 4.09. The molecule has 2 unspecified atom stereocenters. The zero-order valence-electron chi connectivity index (χ0n) is 10.9. The standard InChI is InChI=1S/C14H24N2/c1-5-12(4)14(10-16-11(2)3)13-6-8-15-9-7-13/h6-9,11-12,14,16H,5,10H2,1-4H3. The normalized spacial score (nSPS) is 15.1. The minimum absolute atomic E-state index is 0.549. The summed E-state index contributed by atoms with van der Waals surface area (Å²) in [7, 11) is 0. The van der Waals surface area contributed by atoms with Crippen LogP contribution >= 0.6 is 0 Å². The van der Waals surface area contributed by atoms with Gasteiger partial charge >= 0.3 is 0 Å². The second-order valence-electron chi connectivity index (χ2n) is 4.84. The fraction of sp³-hybridized carbons (Fsp3) is 0.643. The van der Waals surface area contributed by atoms with Crippen LogP contribution in [0.2, 0.25) is 0 Å². The van der Waals surface area contributed by atoms with Gasteiger partial charge in [0.25, 0.3) is 0 Å². The molecule has 0 saturated carbocycles. The molecule has 0 aliphatic heterocycles. The highest BCUT2D eigenvalue weighted by atomic mass is 14.9. The maximum Gasteiger partial charge on any atom is 0.0270 e. The largest absolute Gasteiger partial charge is 0.314 e. The van der Waals surface area contributed by atoms with E-state index < -0.39 is 0 Å². The van der Waals surface area contributed by atoms with Crippen LogP contribution in [0.15, 0.2) is 24.5 Å². The average molecular weight is 220 g/mol. The maximum atomic E-state index is 4.09. The molecule has 0 spiro atoms. The molecule has 0 aliphatic rings. The van der Waals surface area contributed by atoms with E-state index >= 15 is 0 Å². The molecule has 0 fully saturated rings. The first-order valence-electron chi connectivity index (χ1n) is 6.28. The van der Waals surface area contributed by atoms with Crippen molar-refractivity contribution in [2.45, 2.75) is 46.1 Å². The maximum absolute atomic E-state index is 4.09. The van der Waals surface area contributed by atoms with E-state index in [-0.39, 0.29) is 0 Å². The lowest BCUT2D eigenvalue weighted by Gasteiger charge is -2.25. The van der Waals surface area contributed by atoms with Crippen LogP contribution in [0.5, 0.6) is 0 Å². The van der Waals surface area contributed by atoms with Crippen molar-refractivity contribution < 1.29 is 0 Å². The van der Waals surface area contributed by atoms with Gasteiger partial charge in [0.15, 0.2) is 0 Å². The summed E-state index contributed by atoms with van der Waals surface area (Å²) in [6.07, 6.45) is 4.99. The Morgan fingerprint density at radius 2 is 1.81 bits per heavy atom. The van der Waals surface area contributed by atoms with Crippen molar-refractivity contribution in [3.8, 4) is 0 Å². The number of hydrogen-bond acceptors (Lipinski definition) is 2. The Morgan fingerprint density at radius 1 is 1.19 bits per heavy atom. The van der Waals surface area contributed by atoms with Crippen LogP contribution in [0, 0.1) is 5.92 Å². The Bertz CT molecular complexity index is 282. The van der Waals surface area contributed by atoms with Crippen molar-refractivity contribution in [3.63, 3.8) is 0 Å². The van der Waals surface area contributed by atoms with E-state index in [9.17, 15) is 0 Å². The number of aromatic nitrogens is 1. The predicted molar refractivity (Wildman–Crippen MR) is 69.6 cm³/mol. The summed E-state index contributed by atoms with van der Waals surface area (Å²) in [6, 6.07) is 4.82. The first-order chi connectivity index (χ1) is 7.65. The third kappa shape index (κ3) is 3.93. The van der Waals surface area contributed by atoms with Crippen LogP contribution in [0.4, 0.5) is 0 Å². The van der Waals surface area contributed by atoms with Gasteiger partial charge in [-0.15, -0.1) is 0 Å². The molecule has 0 aliphatic carbocycles. The lowest BCUT2D eigenvalue weighted by Crippen LogP contribution is -2.30. The molecule has 1 heterocycles. The molecule has 1 aromatic heterocycles. The second-order valence-corrected chi connectivity index (χ2v) is 4.84. The first-order valence-corrected chi connectivity index (χ1v) is 6.28. The van der Waals surface area contributed by atoms with E-state index in [2.05, 4.69) is 50.1 Å². The van der Waals surface area contributed by atoms with Crippen molar-refractivity contribution in [2.24, 2.45) is 5.92 Å². The van der Waals surface area contributed by atoms with Crippen molar-refractivity contribution >= 4 is 0 Å². The van der Waals surface area contributed by atoms with Crippen LogP contribution in [0.25, 0.3) is 0 Å². The van der Waals surface area contributed by atoms with Gasteiger partial charge in [0.2, 0.25) is 0 Å². The molecule has 2 atom stereocenters. The van der Waals surface area contributed by atoms with Crippen molar-refractivity contribution in [1.82, 2.24) is 10.3 Å². The van der Waals surface area contributed by atoms with E-state index in [0.717, 1.165) is 6.54 Å². The van der Waals surface area contributed by atoms with Gasteiger partial charge in [0.05, 0.1) is 0 Å². The van der Waals surface area contributed by atoms with E-state index in [1.54, 1.807) is 0 Å². The van der Waals surface area contributed by atoms with E-state index in [0.29, 0.717) is 17.9 Å². The van der Waals surface area contributed by atoms with Gasteiger partial charge in [-0.05, 0) is 29.5 Å². The molecule has 0 bridgehead atoms. The smallest absolute Gasteiger partial charge is 0.0270 e. The SMILES string of the molecule is CCC(C)C(CNC(C)C)c1ccncc1. The van der Waals surface area contributed by atoms with Crippen LogP contribution in [0.1, 0.15) is 45.6 Å². The third-order valence-electron chi connectivity index (χ3n) is 3.21. The Labute approximate surface area is 99.5 Å². The van der Waals surface area contributed by atoms with Crippen LogP contribution in [0.3, 0.4) is 0 Å². The van der Waals surface area contributed by atoms with E-state index in [1.807, 2.05) is 12.4 Å². The summed E-state index contributed by atoms with van der Waals surface area (Å²) in [5.74, 6) is 1.30. The molecule has 1 rings (SSSR count). The van der Waals surface area contributed by atoms with E-state index in [4.69, 9.17) is 0 Å². The molecule has 2 heteroatoms. The number of pyridine rings is 1. The van der Waals surface area contributed by atoms with Gasteiger partial charge in [-0.25, -0.2) is 0 Å². The Kier molecular flexibility index (Phi) is 5.47. The van der Waals surface area contributed by atoms with Crippen molar-refractivity contribution in [2.75, 3.05) is 6.54 Å². The Hall–Kier alpha value is -0.890. The fourth-order valence-electron chi connectivity index (χ4n) is 1.91. The van der Waals surface area contributed by atoms with Gasteiger partial charge in [-0.2, -0.15) is 0 Å². The number of rotatable bonds is 6. The summed E-state index contributed by atoms with van der Waals surface area (Å²) in [5.41, 5.74) is 1.40. The van der Waals surface area contributed by atoms with Gasteiger partial charge in [0.1, 0.15) is 0 Å². The molecule has 2 nitrogen and oxygen atoms in total. The minimum atomic E-state index is 0.549. The van der Waals surface area contributed by atoms with E-state index in [1.165, 1.54) is 12.0 Å². The Morgan fingerprint density at radius 3 is 2.31 bits per heavy atom. The summed E-state index contributed by atoms with van der Waals surface area (Å²) in [5, 5.41) is 3.54. The molecular formula is C14H24N2. The Balaban J connectivity index is 2.71. The summed E-state index contributed by atoms with van der Waals surface area (Å²) >= 11 is 0. The predicted octanol–water partition coefficient (Wildman–Crippen LogP) is 3.21. The second kappa shape index (κ2) is 6.64. The van der Waals surface area contributed by atoms with Gasteiger partial charge in [-0.3, -0.25) is 4.98 Å². The quantitative estimate of drug-likeness (QED) is 0.796. The van der Waals surface area contributed by atoms with Crippen molar-refractivity contribution in [1.29, 1.82) is 0 Å². The molecule has 0 aromatic carbocycles. The lowest BCUT2D eigenvalue weighted by atomic mass is 9.86. The number of hydrogen-bond donors (Lipinski definition) is 1. The fourth-order valence-corrected chi connectivity index (χ4v) is 1.91. The zero-order valence-corrected chi connectivity index (χ0v) is 10.9. The molecule has 0 saturated heterocycles. The average Bonchev–Trinajstić information content (AvgIpc) is 2.30. The van der Waals surface area contributed by atoms with Crippen molar-refractivity contribution in [3.05, 3.63) is 30.1 Å². The van der Waals surface area contributed by atoms with Crippen LogP contribution in [-0.2, 0) is 0 Å². The molecule has 90 valence electrons. The number of nitrogens with zero attached hydrogens (tertiary/aromatic N) is 1. The lowest BCUT2D eigenvalue weighted by molar-refractivity contribution is 0.406. The van der Waals surface area contributed by atoms with Crippen LogP contribution < -0.4 is 5.32 Å². The molecule has 1 aromatic rings. The van der Waals surface area contributed by atoms with Gasteiger partial charge < -0.3 is 5.32 Å².